The lowest BCUT2D eigenvalue weighted by Crippen LogP contribution is -2.53. The summed E-state index contributed by atoms with van der Waals surface area (Å²) in [5, 5.41) is 13.8. The van der Waals surface area contributed by atoms with Crippen LogP contribution in [0.1, 0.15) is 24.0 Å². The van der Waals surface area contributed by atoms with E-state index in [1.165, 1.54) is 11.1 Å². The first-order valence-corrected chi connectivity index (χ1v) is 9.88. The predicted molar refractivity (Wildman–Crippen MR) is 107 cm³/mol. The van der Waals surface area contributed by atoms with E-state index in [0.29, 0.717) is 6.04 Å². The molecular weight excluding hydrogens is 340 g/mol. The number of benzene rings is 1. The number of methoxy groups -OCH3 is 1. The van der Waals surface area contributed by atoms with Crippen LogP contribution in [-0.4, -0.2) is 70.6 Å². The highest BCUT2D eigenvalue weighted by molar-refractivity contribution is 5.36. The zero-order valence-electron chi connectivity index (χ0n) is 16.5. The van der Waals surface area contributed by atoms with Crippen LogP contribution in [0.25, 0.3) is 0 Å². The van der Waals surface area contributed by atoms with Crippen LogP contribution in [0.2, 0.25) is 0 Å². The van der Waals surface area contributed by atoms with Gasteiger partial charge in [-0.15, -0.1) is 0 Å². The van der Waals surface area contributed by atoms with Crippen molar-refractivity contribution >= 4 is 0 Å². The SMILES string of the molecule is COc1ccc(CN2CCN(CCCn3cccn3)C[C@H]2CCO)cc1C. The van der Waals surface area contributed by atoms with E-state index in [1.807, 2.05) is 23.1 Å². The highest BCUT2D eigenvalue weighted by atomic mass is 16.5. The van der Waals surface area contributed by atoms with E-state index >= 15 is 0 Å². The summed E-state index contributed by atoms with van der Waals surface area (Å²) < 4.78 is 7.36. The molecule has 1 N–H and O–H groups in total. The van der Waals surface area contributed by atoms with E-state index in [2.05, 4.69) is 40.0 Å². The predicted octanol–water partition coefficient (Wildman–Crippen LogP) is 2.16. The molecule has 0 saturated carbocycles. The second kappa shape index (κ2) is 9.88. The quantitative estimate of drug-likeness (QED) is 0.731. The lowest BCUT2D eigenvalue weighted by Gasteiger charge is -2.41. The molecule has 27 heavy (non-hydrogen) atoms. The van der Waals surface area contributed by atoms with Crippen LogP contribution in [0.3, 0.4) is 0 Å². The summed E-state index contributed by atoms with van der Waals surface area (Å²) in [4.78, 5) is 5.04. The Morgan fingerprint density at radius 3 is 2.85 bits per heavy atom. The molecule has 1 saturated heterocycles. The largest absolute Gasteiger partial charge is 0.496 e. The van der Waals surface area contributed by atoms with Crippen molar-refractivity contribution in [1.82, 2.24) is 19.6 Å². The van der Waals surface area contributed by atoms with E-state index in [4.69, 9.17) is 4.74 Å². The number of aliphatic hydroxyl groups excluding tert-OH is 1. The first-order chi connectivity index (χ1) is 13.2. The summed E-state index contributed by atoms with van der Waals surface area (Å²) >= 11 is 0. The molecule has 148 valence electrons. The van der Waals surface area contributed by atoms with Gasteiger partial charge in [0.2, 0.25) is 0 Å². The van der Waals surface area contributed by atoms with Crippen molar-refractivity contribution in [1.29, 1.82) is 0 Å². The van der Waals surface area contributed by atoms with Crippen molar-refractivity contribution in [2.45, 2.75) is 38.9 Å². The Bertz CT molecular complexity index is 689. The Labute approximate surface area is 162 Å². The van der Waals surface area contributed by atoms with Crippen LogP contribution < -0.4 is 4.74 Å². The van der Waals surface area contributed by atoms with Gasteiger partial charge in [0, 0.05) is 64.3 Å². The molecule has 2 heterocycles. The molecule has 0 aliphatic carbocycles. The second-order valence-electron chi connectivity index (χ2n) is 7.36. The van der Waals surface area contributed by atoms with Gasteiger partial charge in [-0.05, 0) is 43.0 Å². The fourth-order valence-electron chi connectivity index (χ4n) is 3.95. The van der Waals surface area contributed by atoms with E-state index < -0.39 is 0 Å². The number of hydrogen-bond acceptors (Lipinski definition) is 5. The highest BCUT2D eigenvalue weighted by Crippen LogP contribution is 2.22. The van der Waals surface area contributed by atoms with Gasteiger partial charge in [0.25, 0.3) is 0 Å². The van der Waals surface area contributed by atoms with Crippen molar-refractivity contribution in [2.75, 3.05) is 39.9 Å². The van der Waals surface area contributed by atoms with E-state index in [0.717, 1.165) is 57.9 Å². The van der Waals surface area contributed by atoms with Gasteiger partial charge >= 0.3 is 0 Å². The highest BCUT2D eigenvalue weighted by Gasteiger charge is 2.26. The molecule has 6 nitrogen and oxygen atoms in total. The van der Waals surface area contributed by atoms with E-state index in [1.54, 1.807) is 7.11 Å². The number of aryl methyl sites for hydroxylation is 2. The minimum absolute atomic E-state index is 0.240. The molecule has 3 rings (SSSR count). The minimum atomic E-state index is 0.240. The first kappa shape index (κ1) is 19.9. The Morgan fingerprint density at radius 2 is 2.15 bits per heavy atom. The van der Waals surface area contributed by atoms with E-state index in [9.17, 15) is 5.11 Å². The summed E-state index contributed by atoms with van der Waals surface area (Å²) in [6.45, 7) is 8.44. The fourth-order valence-corrected chi connectivity index (χ4v) is 3.95. The van der Waals surface area contributed by atoms with Gasteiger partial charge in [-0.3, -0.25) is 9.58 Å². The maximum Gasteiger partial charge on any atom is 0.121 e. The standard InChI is InChI=1S/C21H32N4O2/c1-18-15-19(5-6-21(18)27-2)16-24-13-12-23(17-20(24)7-14-26)9-4-11-25-10-3-8-22-25/h3,5-6,8,10,15,20,26H,4,7,9,11-14,16-17H2,1-2H3/t20-/m1/s1. The molecule has 6 heteroatoms. The number of piperazine rings is 1. The summed E-state index contributed by atoms with van der Waals surface area (Å²) in [7, 11) is 1.71. The minimum Gasteiger partial charge on any atom is -0.496 e. The molecule has 1 aromatic heterocycles. The third-order valence-electron chi connectivity index (χ3n) is 5.42. The zero-order chi connectivity index (χ0) is 19.1. The lowest BCUT2D eigenvalue weighted by molar-refractivity contribution is 0.0525. The smallest absolute Gasteiger partial charge is 0.121 e. The van der Waals surface area contributed by atoms with E-state index in [-0.39, 0.29) is 6.61 Å². The molecule has 0 bridgehead atoms. The number of nitrogens with zero attached hydrogens (tertiary/aromatic N) is 4. The van der Waals surface area contributed by atoms with Crippen molar-refractivity contribution in [3.63, 3.8) is 0 Å². The molecule has 1 aromatic carbocycles. The average molecular weight is 373 g/mol. The molecule has 1 atom stereocenters. The Hall–Kier alpha value is -1.89. The topological polar surface area (TPSA) is 53.8 Å². The molecule has 0 amide bonds. The van der Waals surface area contributed by atoms with Gasteiger partial charge in [-0.25, -0.2) is 0 Å². The summed E-state index contributed by atoms with van der Waals surface area (Å²) in [6.07, 6.45) is 5.77. The Morgan fingerprint density at radius 1 is 1.26 bits per heavy atom. The third kappa shape index (κ3) is 5.54. The molecule has 2 aromatic rings. The van der Waals surface area contributed by atoms with Gasteiger partial charge < -0.3 is 14.7 Å². The lowest BCUT2D eigenvalue weighted by atomic mass is 10.1. The summed E-state index contributed by atoms with van der Waals surface area (Å²) in [5.41, 5.74) is 2.48. The molecule has 0 radical (unpaired) electrons. The first-order valence-electron chi connectivity index (χ1n) is 9.88. The van der Waals surface area contributed by atoms with Crippen LogP contribution in [-0.2, 0) is 13.1 Å². The summed E-state index contributed by atoms with van der Waals surface area (Å²) in [6, 6.07) is 8.79. The molecule has 0 spiro atoms. The number of aliphatic hydroxyl groups is 1. The number of ether oxygens (including phenoxy) is 1. The molecule has 1 aliphatic heterocycles. The van der Waals surface area contributed by atoms with Gasteiger partial charge in [0.1, 0.15) is 5.75 Å². The Balaban J connectivity index is 1.53. The third-order valence-corrected chi connectivity index (χ3v) is 5.42. The summed E-state index contributed by atoms with van der Waals surface area (Å²) in [5.74, 6) is 0.938. The van der Waals surface area contributed by atoms with Gasteiger partial charge in [-0.2, -0.15) is 5.10 Å². The normalized spacial score (nSPS) is 18.7. The van der Waals surface area contributed by atoms with Crippen molar-refractivity contribution in [3.05, 3.63) is 47.8 Å². The van der Waals surface area contributed by atoms with Crippen LogP contribution in [0.4, 0.5) is 0 Å². The molecular formula is C21H32N4O2. The maximum absolute atomic E-state index is 9.53. The van der Waals surface area contributed by atoms with Crippen LogP contribution in [0.15, 0.2) is 36.7 Å². The number of aromatic nitrogens is 2. The molecule has 1 aliphatic rings. The maximum atomic E-state index is 9.53. The van der Waals surface area contributed by atoms with Gasteiger partial charge in [-0.1, -0.05) is 12.1 Å². The van der Waals surface area contributed by atoms with Crippen LogP contribution in [0, 0.1) is 6.92 Å². The second-order valence-corrected chi connectivity index (χ2v) is 7.36. The van der Waals surface area contributed by atoms with Crippen molar-refractivity contribution in [2.24, 2.45) is 0 Å². The molecule has 0 unspecified atom stereocenters. The fraction of sp³-hybridized carbons (Fsp3) is 0.571. The Kier molecular flexibility index (Phi) is 7.26. The number of hydrogen-bond donors (Lipinski definition) is 1. The van der Waals surface area contributed by atoms with Crippen molar-refractivity contribution < 1.29 is 9.84 Å². The monoisotopic (exact) mass is 372 g/mol. The van der Waals surface area contributed by atoms with Crippen molar-refractivity contribution in [3.8, 4) is 5.75 Å². The number of rotatable bonds is 9. The van der Waals surface area contributed by atoms with Crippen LogP contribution in [0.5, 0.6) is 5.75 Å². The van der Waals surface area contributed by atoms with Gasteiger partial charge in [0.15, 0.2) is 0 Å². The van der Waals surface area contributed by atoms with Gasteiger partial charge in [0.05, 0.1) is 7.11 Å². The van der Waals surface area contributed by atoms with Crippen LogP contribution >= 0.6 is 0 Å². The average Bonchev–Trinajstić information content (AvgIpc) is 3.18. The molecule has 1 fully saturated rings. The zero-order valence-corrected chi connectivity index (χ0v) is 16.5.